The highest BCUT2D eigenvalue weighted by Gasteiger charge is 2.35. The van der Waals surface area contributed by atoms with Gasteiger partial charge in [0.2, 0.25) is 0 Å². The number of nitrogens with one attached hydrogen (secondary N) is 2. The summed E-state index contributed by atoms with van der Waals surface area (Å²) in [6, 6.07) is 12.2. The van der Waals surface area contributed by atoms with Crippen LogP contribution in [0.5, 0.6) is 0 Å². The molecule has 188 valence electrons. The second-order valence-electron chi connectivity index (χ2n) is 9.28. The number of carbonyl (C=O) groups excluding carboxylic acids is 2. The molecule has 0 atom stereocenters. The van der Waals surface area contributed by atoms with E-state index in [1.165, 1.54) is 12.1 Å². The quantitative estimate of drug-likeness (QED) is 0.229. The van der Waals surface area contributed by atoms with Gasteiger partial charge in [-0.05, 0) is 18.6 Å². The van der Waals surface area contributed by atoms with Gasteiger partial charge in [0.1, 0.15) is 0 Å². The molecule has 2 aromatic carbocycles. The van der Waals surface area contributed by atoms with Gasteiger partial charge in [-0.3, -0.25) is 29.9 Å². The lowest BCUT2D eigenvalue weighted by Crippen LogP contribution is -2.37. The molecule has 1 saturated heterocycles. The largest absolute Gasteiger partial charge is 0.379 e. The molecule has 10 heteroatoms. The standard InChI is InChI=1S/C27H25N5O5/c33-26-24(20-15-28-22-5-2-1-4-18(20)22)25(27(34)29-26)21-16-31(9-3-8-30-10-12-37-13-11-30)23-14-17(32(35)36)6-7-19(21)23/h1-2,4-7,14-16,28H,3,8-13H2,(H,29,33,34). The highest BCUT2D eigenvalue weighted by atomic mass is 16.6. The summed E-state index contributed by atoms with van der Waals surface area (Å²) in [7, 11) is 0. The van der Waals surface area contributed by atoms with Crippen LogP contribution in [0.2, 0.25) is 0 Å². The highest BCUT2D eigenvalue weighted by molar-refractivity contribution is 6.50. The number of imide groups is 1. The van der Waals surface area contributed by atoms with Gasteiger partial charge in [-0.15, -0.1) is 0 Å². The number of fused-ring (bicyclic) bond motifs is 2. The summed E-state index contributed by atoms with van der Waals surface area (Å²) in [5.41, 5.74) is 3.30. The molecule has 2 amide bonds. The molecule has 0 aliphatic carbocycles. The summed E-state index contributed by atoms with van der Waals surface area (Å²) in [6.07, 6.45) is 4.41. The molecule has 1 fully saturated rings. The number of benzene rings is 2. The highest BCUT2D eigenvalue weighted by Crippen LogP contribution is 2.39. The van der Waals surface area contributed by atoms with Gasteiger partial charge in [0.25, 0.3) is 17.5 Å². The molecule has 0 bridgehead atoms. The lowest BCUT2D eigenvalue weighted by molar-refractivity contribution is -0.384. The topological polar surface area (TPSA) is 122 Å². The Morgan fingerprint density at radius 1 is 0.946 bits per heavy atom. The molecule has 0 radical (unpaired) electrons. The first-order valence-corrected chi connectivity index (χ1v) is 12.3. The van der Waals surface area contributed by atoms with Crippen molar-refractivity contribution >= 4 is 50.5 Å². The minimum atomic E-state index is -0.476. The Kier molecular flexibility index (Phi) is 5.82. The number of non-ortho nitro benzene ring substituents is 1. The van der Waals surface area contributed by atoms with Gasteiger partial charge in [-0.25, -0.2) is 0 Å². The Bertz CT molecular complexity index is 1590. The third kappa shape index (κ3) is 4.09. The molecule has 0 unspecified atom stereocenters. The van der Waals surface area contributed by atoms with E-state index >= 15 is 0 Å². The third-order valence-corrected chi connectivity index (χ3v) is 7.11. The van der Waals surface area contributed by atoms with Crippen molar-refractivity contribution in [2.75, 3.05) is 32.8 Å². The minimum Gasteiger partial charge on any atom is -0.379 e. The van der Waals surface area contributed by atoms with Crippen LogP contribution in [0.15, 0.2) is 54.9 Å². The van der Waals surface area contributed by atoms with Gasteiger partial charge < -0.3 is 14.3 Å². The fourth-order valence-corrected chi connectivity index (χ4v) is 5.32. The van der Waals surface area contributed by atoms with Crippen LogP contribution in [0.4, 0.5) is 5.69 Å². The van der Waals surface area contributed by atoms with Crippen molar-refractivity contribution in [3.8, 4) is 0 Å². The number of ether oxygens (including phenoxy) is 1. The average molecular weight is 500 g/mol. The molecule has 10 nitrogen and oxygen atoms in total. The Morgan fingerprint density at radius 2 is 1.70 bits per heavy atom. The van der Waals surface area contributed by atoms with E-state index in [0.717, 1.165) is 50.2 Å². The maximum Gasteiger partial charge on any atom is 0.271 e. The number of aromatic nitrogens is 2. The van der Waals surface area contributed by atoms with Crippen molar-refractivity contribution in [2.24, 2.45) is 0 Å². The zero-order valence-corrected chi connectivity index (χ0v) is 20.0. The molecule has 2 N–H and O–H groups in total. The van der Waals surface area contributed by atoms with E-state index in [1.807, 2.05) is 35.0 Å². The van der Waals surface area contributed by atoms with Crippen LogP contribution in [0.1, 0.15) is 17.5 Å². The van der Waals surface area contributed by atoms with E-state index in [9.17, 15) is 19.7 Å². The van der Waals surface area contributed by atoms with Crippen LogP contribution < -0.4 is 5.32 Å². The first-order valence-electron chi connectivity index (χ1n) is 12.3. The molecule has 2 aliphatic rings. The molecule has 6 rings (SSSR count). The molecule has 4 heterocycles. The number of aromatic amines is 1. The molecular formula is C27H25N5O5. The first-order chi connectivity index (χ1) is 18.0. The zero-order valence-electron chi connectivity index (χ0n) is 20.0. The molecular weight excluding hydrogens is 474 g/mol. The van der Waals surface area contributed by atoms with Gasteiger partial charge in [-0.2, -0.15) is 0 Å². The predicted molar refractivity (Wildman–Crippen MR) is 139 cm³/mol. The van der Waals surface area contributed by atoms with Gasteiger partial charge in [0.15, 0.2) is 0 Å². The van der Waals surface area contributed by atoms with E-state index in [1.54, 1.807) is 12.3 Å². The smallest absolute Gasteiger partial charge is 0.271 e. The molecule has 2 aliphatic heterocycles. The Balaban J connectivity index is 1.46. The summed E-state index contributed by atoms with van der Waals surface area (Å²) in [5.74, 6) is -0.934. The fourth-order valence-electron chi connectivity index (χ4n) is 5.32. The van der Waals surface area contributed by atoms with E-state index in [0.29, 0.717) is 34.1 Å². The number of H-pyrrole nitrogens is 1. The SMILES string of the molecule is O=C1NC(=O)C(c2cn(CCCN3CCOCC3)c3cc([N+](=O)[O-])ccc23)=C1c1c[nH]c2ccccc12. The van der Waals surface area contributed by atoms with E-state index in [4.69, 9.17) is 4.74 Å². The predicted octanol–water partition coefficient (Wildman–Crippen LogP) is 3.32. The first kappa shape index (κ1) is 23.1. The van der Waals surface area contributed by atoms with Gasteiger partial charge in [0, 0.05) is 78.1 Å². The number of aryl methyl sites for hydroxylation is 1. The van der Waals surface area contributed by atoms with E-state index < -0.39 is 16.7 Å². The molecule has 37 heavy (non-hydrogen) atoms. The summed E-state index contributed by atoms with van der Waals surface area (Å²) >= 11 is 0. The number of amides is 2. The lowest BCUT2D eigenvalue weighted by atomic mass is 9.95. The van der Waals surface area contributed by atoms with Gasteiger partial charge >= 0.3 is 0 Å². The number of rotatable bonds is 7. The number of nitro benzene ring substituents is 1. The van der Waals surface area contributed by atoms with Crippen LogP contribution >= 0.6 is 0 Å². The number of hydrogen-bond acceptors (Lipinski definition) is 6. The van der Waals surface area contributed by atoms with E-state index in [2.05, 4.69) is 15.2 Å². The minimum absolute atomic E-state index is 0.0237. The third-order valence-electron chi connectivity index (χ3n) is 7.11. The monoisotopic (exact) mass is 499 g/mol. The number of morpholine rings is 1. The summed E-state index contributed by atoms with van der Waals surface area (Å²) in [4.78, 5) is 42.8. The zero-order chi connectivity index (χ0) is 25.5. The maximum absolute atomic E-state index is 13.1. The van der Waals surface area contributed by atoms with Crippen LogP contribution in [0.25, 0.3) is 33.0 Å². The second kappa shape index (κ2) is 9.30. The fraction of sp³-hybridized carbons (Fsp3) is 0.259. The van der Waals surface area contributed by atoms with E-state index in [-0.39, 0.29) is 11.3 Å². The summed E-state index contributed by atoms with van der Waals surface area (Å²) in [5, 5.41) is 15.5. The Morgan fingerprint density at radius 3 is 2.49 bits per heavy atom. The molecule has 2 aromatic heterocycles. The van der Waals surface area contributed by atoms with Crippen molar-refractivity contribution in [1.82, 2.24) is 19.8 Å². The van der Waals surface area contributed by atoms with Crippen LogP contribution in [0, 0.1) is 10.1 Å². The van der Waals surface area contributed by atoms with Crippen molar-refractivity contribution in [3.63, 3.8) is 0 Å². The van der Waals surface area contributed by atoms with Crippen LogP contribution in [0.3, 0.4) is 0 Å². The maximum atomic E-state index is 13.1. The van der Waals surface area contributed by atoms with Crippen molar-refractivity contribution in [3.05, 3.63) is 76.1 Å². The Labute approximate surface area is 211 Å². The van der Waals surface area contributed by atoms with Crippen molar-refractivity contribution in [2.45, 2.75) is 13.0 Å². The average Bonchev–Trinajstić information content (AvgIpc) is 3.57. The van der Waals surface area contributed by atoms with Gasteiger partial charge in [-0.1, -0.05) is 18.2 Å². The normalized spacial score (nSPS) is 16.8. The number of para-hydroxylation sites is 1. The van der Waals surface area contributed by atoms with Crippen molar-refractivity contribution < 1.29 is 19.2 Å². The number of nitrogens with zero attached hydrogens (tertiary/aromatic N) is 3. The van der Waals surface area contributed by atoms with Crippen molar-refractivity contribution in [1.29, 1.82) is 0 Å². The number of hydrogen-bond donors (Lipinski definition) is 2. The second-order valence-corrected chi connectivity index (χ2v) is 9.28. The number of carbonyl (C=O) groups is 2. The lowest BCUT2D eigenvalue weighted by Gasteiger charge is -2.26. The summed E-state index contributed by atoms with van der Waals surface area (Å²) < 4.78 is 7.37. The molecule has 0 saturated carbocycles. The summed E-state index contributed by atoms with van der Waals surface area (Å²) in [6.45, 7) is 4.68. The molecule has 4 aromatic rings. The molecule has 0 spiro atoms. The Hall–Kier alpha value is -4.28. The van der Waals surface area contributed by atoms with Crippen LogP contribution in [-0.4, -0.2) is 64.0 Å². The number of nitro groups is 1. The van der Waals surface area contributed by atoms with Gasteiger partial charge in [0.05, 0.1) is 34.8 Å². The van der Waals surface area contributed by atoms with Crippen LogP contribution in [-0.2, 0) is 20.9 Å².